The predicted molar refractivity (Wildman–Crippen MR) is 73.9 cm³/mol. The van der Waals surface area contributed by atoms with Crippen LogP contribution >= 0.6 is 0 Å². The van der Waals surface area contributed by atoms with Gasteiger partial charge < -0.3 is 5.73 Å². The first kappa shape index (κ1) is 11.9. The highest BCUT2D eigenvalue weighted by Crippen LogP contribution is 2.28. The summed E-state index contributed by atoms with van der Waals surface area (Å²) in [7, 11) is 0. The molecule has 1 nitrogen and oxygen atoms in total. The van der Waals surface area contributed by atoms with E-state index in [2.05, 4.69) is 56.3 Å². The zero-order chi connectivity index (χ0) is 12.3. The highest BCUT2D eigenvalue weighted by Gasteiger charge is 2.06. The SMILES string of the molecule is CCc1ccc(CN)cc1-c1ccccc1C. The van der Waals surface area contributed by atoms with Crippen molar-refractivity contribution in [2.75, 3.05) is 0 Å². The van der Waals surface area contributed by atoms with Crippen molar-refractivity contribution in [1.29, 1.82) is 0 Å². The van der Waals surface area contributed by atoms with Crippen molar-refractivity contribution < 1.29 is 0 Å². The molecular formula is C16H19N. The second kappa shape index (κ2) is 5.15. The van der Waals surface area contributed by atoms with E-state index in [9.17, 15) is 0 Å². The molecule has 0 aliphatic rings. The van der Waals surface area contributed by atoms with E-state index in [1.165, 1.54) is 27.8 Å². The van der Waals surface area contributed by atoms with Gasteiger partial charge in [-0.25, -0.2) is 0 Å². The first-order chi connectivity index (χ1) is 8.26. The maximum atomic E-state index is 5.73. The lowest BCUT2D eigenvalue weighted by Crippen LogP contribution is -1.98. The van der Waals surface area contributed by atoms with Crippen molar-refractivity contribution in [2.24, 2.45) is 5.73 Å². The van der Waals surface area contributed by atoms with E-state index in [0.717, 1.165) is 6.42 Å². The summed E-state index contributed by atoms with van der Waals surface area (Å²) < 4.78 is 0. The summed E-state index contributed by atoms with van der Waals surface area (Å²) >= 11 is 0. The maximum absolute atomic E-state index is 5.73. The number of nitrogens with two attached hydrogens (primary N) is 1. The second-order valence-electron chi connectivity index (χ2n) is 4.36. The van der Waals surface area contributed by atoms with Crippen molar-refractivity contribution in [2.45, 2.75) is 26.8 Å². The molecule has 0 radical (unpaired) electrons. The average Bonchev–Trinajstić information content (AvgIpc) is 2.38. The third-order valence-electron chi connectivity index (χ3n) is 3.23. The second-order valence-corrected chi connectivity index (χ2v) is 4.36. The van der Waals surface area contributed by atoms with Gasteiger partial charge in [0.15, 0.2) is 0 Å². The molecule has 0 heterocycles. The topological polar surface area (TPSA) is 26.0 Å². The lowest BCUT2D eigenvalue weighted by Gasteiger charge is -2.12. The van der Waals surface area contributed by atoms with Crippen LogP contribution in [-0.2, 0) is 13.0 Å². The van der Waals surface area contributed by atoms with Crippen LogP contribution in [0, 0.1) is 6.92 Å². The highest BCUT2D eigenvalue weighted by molar-refractivity contribution is 5.71. The van der Waals surface area contributed by atoms with Gasteiger partial charge in [0.2, 0.25) is 0 Å². The summed E-state index contributed by atoms with van der Waals surface area (Å²) in [6.45, 7) is 4.95. The van der Waals surface area contributed by atoms with Crippen LogP contribution < -0.4 is 5.73 Å². The minimum Gasteiger partial charge on any atom is -0.326 e. The van der Waals surface area contributed by atoms with Gasteiger partial charge in [-0.05, 0) is 47.2 Å². The minimum absolute atomic E-state index is 0.600. The van der Waals surface area contributed by atoms with Gasteiger partial charge in [-0.2, -0.15) is 0 Å². The third kappa shape index (κ3) is 2.40. The molecule has 2 rings (SSSR count). The molecule has 17 heavy (non-hydrogen) atoms. The van der Waals surface area contributed by atoms with Crippen LogP contribution in [0.1, 0.15) is 23.6 Å². The molecule has 2 N–H and O–H groups in total. The maximum Gasteiger partial charge on any atom is 0.0178 e. The van der Waals surface area contributed by atoms with E-state index >= 15 is 0 Å². The van der Waals surface area contributed by atoms with E-state index in [4.69, 9.17) is 5.73 Å². The molecule has 0 spiro atoms. The van der Waals surface area contributed by atoms with Crippen LogP contribution in [0.4, 0.5) is 0 Å². The number of hydrogen-bond acceptors (Lipinski definition) is 1. The normalized spacial score (nSPS) is 10.5. The standard InChI is InChI=1S/C16H19N/c1-3-14-9-8-13(11-17)10-16(14)15-7-5-4-6-12(15)2/h4-10H,3,11,17H2,1-2H3. The van der Waals surface area contributed by atoms with Gasteiger partial charge in [-0.3, -0.25) is 0 Å². The van der Waals surface area contributed by atoms with Crippen LogP contribution in [0.3, 0.4) is 0 Å². The van der Waals surface area contributed by atoms with E-state index in [-0.39, 0.29) is 0 Å². The fraction of sp³-hybridized carbons (Fsp3) is 0.250. The fourth-order valence-electron chi connectivity index (χ4n) is 2.18. The largest absolute Gasteiger partial charge is 0.326 e. The molecule has 0 aliphatic carbocycles. The summed E-state index contributed by atoms with van der Waals surface area (Å²) in [6.07, 6.45) is 1.05. The fourth-order valence-corrected chi connectivity index (χ4v) is 2.18. The van der Waals surface area contributed by atoms with Crippen LogP contribution in [0.15, 0.2) is 42.5 Å². The van der Waals surface area contributed by atoms with Gasteiger partial charge >= 0.3 is 0 Å². The molecule has 2 aromatic carbocycles. The van der Waals surface area contributed by atoms with Crippen molar-refractivity contribution in [1.82, 2.24) is 0 Å². The first-order valence-corrected chi connectivity index (χ1v) is 6.14. The number of aryl methyl sites for hydroxylation is 2. The lowest BCUT2D eigenvalue weighted by atomic mass is 9.93. The van der Waals surface area contributed by atoms with Gasteiger partial charge in [-0.15, -0.1) is 0 Å². The van der Waals surface area contributed by atoms with E-state index in [1.54, 1.807) is 0 Å². The molecule has 0 amide bonds. The van der Waals surface area contributed by atoms with Gasteiger partial charge in [0, 0.05) is 6.54 Å². The molecule has 0 unspecified atom stereocenters. The number of benzene rings is 2. The summed E-state index contributed by atoms with van der Waals surface area (Å²) in [5.41, 5.74) is 12.3. The van der Waals surface area contributed by atoms with E-state index in [1.807, 2.05) is 0 Å². The Hall–Kier alpha value is -1.60. The van der Waals surface area contributed by atoms with Crippen molar-refractivity contribution in [3.63, 3.8) is 0 Å². The van der Waals surface area contributed by atoms with Crippen LogP contribution in [0.2, 0.25) is 0 Å². The van der Waals surface area contributed by atoms with Crippen molar-refractivity contribution in [3.05, 3.63) is 59.2 Å². The quantitative estimate of drug-likeness (QED) is 0.847. The first-order valence-electron chi connectivity index (χ1n) is 6.14. The lowest BCUT2D eigenvalue weighted by molar-refractivity contribution is 1.06. The Labute approximate surface area is 103 Å². The van der Waals surface area contributed by atoms with E-state index in [0.29, 0.717) is 6.54 Å². The minimum atomic E-state index is 0.600. The van der Waals surface area contributed by atoms with Gasteiger partial charge in [0.1, 0.15) is 0 Å². The molecule has 1 heteroatoms. The molecule has 0 aliphatic heterocycles. The van der Waals surface area contributed by atoms with E-state index < -0.39 is 0 Å². The van der Waals surface area contributed by atoms with Crippen molar-refractivity contribution in [3.8, 4) is 11.1 Å². The summed E-state index contributed by atoms with van der Waals surface area (Å²) in [5.74, 6) is 0. The van der Waals surface area contributed by atoms with Crippen LogP contribution in [0.5, 0.6) is 0 Å². The highest BCUT2D eigenvalue weighted by atomic mass is 14.5. The average molecular weight is 225 g/mol. The Morgan fingerprint density at radius 2 is 1.76 bits per heavy atom. The van der Waals surface area contributed by atoms with Gasteiger partial charge in [0.05, 0.1) is 0 Å². The molecule has 0 saturated heterocycles. The Morgan fingerprint density at radius 3 is 2.41 bits per heavy atom. The molecule has 2 aromatic rings. The zero-order valence-electron chi connectivity index (χ0n) is 10.5. The molecule has 0 fully saturated rings. The Morgan fingerprint density at radius 1 is 1.00 bits per heavy atom. The van der Waals surface area contributed by atoms with Gasteiger partial charge in [0.25, 0.3) is 0 Å². The summed E-state index contributed by atoms with van der Waals surface area (Å²) in [4.78, 5) is 0. The Balaban J connectivity index is 2.60. The molecular weight excluding hydrogens is 206 g/mol. The molecule has 88 valence electrons. The monoisotopic (exact) mass is 225 g/mol. The summed E-state index contributed by atoms with van der Waals surface area (Å²) in [5, 5.41) is 0. The number of hydrogen-bond donors (Lipinski definition) is 1. The predicted octanol–water partition coefficient (Wildman–Crippen LogP) is 3.68. The number of rotatable bonds is 3. The molecule has 0 aromatic heterocycles. The molecule has 0 saturated carbocycles. The zero-order valence-corrected chi connectivity index (χ0v) is 10.5. The van der Waals surface area contributed by atoms with Crippen LogP contribution in [-0.4, -0.2) is 0 Å². The van der Waals surface area contributed by atoms with Crippen LogP contribution in [0.25, 0.3) is 11.1 Å². The Kier molecular flexibility index (Phi) is 3.60. The van der Waals surface area contributed by atoms with Crippen molar-refractivity contribution >= 4 is 0 Å². The molecule has 0 bridgehead atoms. The smallest absolute Gasteiger partial charge is 0.0178 e. The summed E-state index contributed by atoms with van der Waals surface area (Å²) in [6, 6.07) is 15.1. The van der Waals surface area contributed by atoms with Gasteiger partial charge in [-0.1, -0.05) is 43.3 Å². The Bertz CT molecular complexity index is 515. The third-order valence-corrected chi connectivity index (χ3v) is 3.23. The molecule has 0 atom stereocenters.